The van der Waals surface area contributed by atoms with Crippen LogP contribution in [0.2, 0.25) is 0 Å². The number of likely N-dealkylation sites (tertiary alicyclic amines) is 1. The van der Waals surface area contributed by atoms with Crippen molar-refractivity contribution < 1.29 is 9.53 Å². The molecule has 1 spiro atoms. The number of carbonyl (C=O) groups is 1. The highest BCUT2D eigenvalue weighted by molar-refractivity contribution is 5.90. The van der Waals surface area contributed by atoms with Crippen LogP contribution in [0.3, 0.4) is 0 Å². The number of ether oxygens (including phenoxy) is 1. The molecule has 8 nitrogen and oxygen atoms in total. The molecule has 1 atom stereocenters. The summed E-state index contributed by atoms with van der Waals surface area (Å²) < 4.78 is 10.2. The third-order valence-corrected chi connectivity index (χ3v) is 6.41. The number of aryl methyl sites for hydroxylation is 2. The second-order valence-electron chi connectivity index (χ2n) is 8.66. The van der Waals surface area contributed by atoms with Gasteiger partial charge in [0.1, 0.15) is 5.65 Å². The van der Waals surface area contributed by atoms with Crippen LogP contribution in [0.4, 0.5) is 0 Å². The molecule has 30 heavy (non-hydrogen) atoms. The number of carbonyl (C=O) groups excluding carboxylic acids is 1. The molecule has 3 aromatic heterocycles. The Labute approximate surface area is 175 Å². The summed E-state index contributed by atoms with van der Waals surface area (Å²) in [6.07, 6.45) is 10.7. The molecule has 2 fully saturated rings. The number of nitrogens with one attached hydrogen (secondary N) is 1. The number of pyridine rings is 1. The number of fused-ring (bicyclic) bond motifs is 1. The lowest BCUT2D eigenvalue weighted by Crippen LogP contribution is -2.59. The third kappa shape index (κ3) is 3.61. The van der Waals surface area contributed by atoms with Crippen molar-refractivity contribution in [3.63, 3.8) is 0 Å². The van der Waals surface area contributed by atoms with E-state index in [0.717, 1.165) is 44.5 Å². The van der Waals surface area contributed by atoms with Gasteiger partial charge in [-0.2, -0.15) is 0 Å². The van der Waals surface area contributed by atoms with E-state index < -0.39 is 0 Å². The zero-order valence-corrected chi connectivity index (χ0v) is 17.5. The van der Waals surface area contributed by atoms with Gasteiger partial charge in [-0.05, 0) is 31.4 Å². The summed E-state index contributed by atoms with van der Waals surface area (Å²) >= 11 is 0. The van der Waals surface area contributed by atoms with Crippen molar-refractivity contribution >= 4 is 11.6 Å². The van der Waals surface area contributed by atoms with Crippen LogP contribution in [-0.2, 0) is 18.3 Å². The van der Waals surface area contributed by atoms with E-state index >= 15 is 0 Å². The SMILES string of the molecule is Cc1ccc2ncc(CN3CCC4(CC3)C[C@H](CNC(=O)c3nccn3C)O4)n2c1. The van der Waals surface area contributed by atoms with Crippen LogP contribution >= 0.6 is 0 Å². The molecule has 2 saturated heterocycles. The molecule has 0 aliphatic carbocycles. The van der Waals surface area contributed by atoms with Crippen molar-refractivity contribution in [3.05, 3.63) is 54.0 Å². The predicted molar refractivity (Wildman–Crippen MR) is 112 cm³/mol. The van der Waals surface area contributed by atoms with E-state index in [1.165, 1.54) is 11.3 Å². The lowest BCUT2D eigenvalue weighted by Gasteiger charge is -2.52. The van der Waals surface area contributed by atoms with Crippen LogP contribution < -0.4 is 5.32 Å². The minimum absolute atomic E-state index is 0.00874. The van der Waals surface area contributed by atoms with E-state index in [2.05, 4.69) is 49.8 Å². The molecule has 0 radical (unpaired) electrons. The number of hydrogen-bond donors (Lipinski definition) is 1. The van der Waals surface area contributed by atoms with Crippen molar-refractivity contribution in [3.8, 4) is 0 Å². The second kappa shape index (κ2) is 7.52. The summed E-state index contributed by atoms with van der Waals surface area (Å²) in [5.74, 6) is 0.282. The average molecular weight is 409 g/mol. The lowest BCUT2D eigenvalue weighted by molar-refractivity contribution is -0.222. The molecule has 2 aliphatic rings. The van der Waals surface area contributed by atoms with Gasteiger partial charge < -0.3 is 19.0 Å². The highest BCUT2D eigenvalue weighted by Crippen LogP contribution is 2.41. The number of imidazole rings is 2. The first-order chi connectivity index (χ1) is 14.5. The van der Waals surface area contributed by atoms with E-state index in [1.54, 1.807) is 17.0 Å². The van der Waals surface area contributed by atoms with Gasteiger partial charge in [-0.25, -0.2) is 9.97 Å². The minimum atomic E-state index is -0.148. The average Bonchev–Trinajstić information content (AvgIpc) is 3.32. The highest BCUT2D eigenvalue weighted by Gasteiger charge is 2.47. The Morgan fingerprint density at radius 1 is 1.30 bits per heavy atom. The van der Waals surface area contributed by atoms with E-state index in [0.29, 0.717) is 12.4 Å². The van der Waals surface area contributed by atoms with Crippen molar-refractivity contribution in [2.45, 2.75) is 44.4 Å². The quantitative estimate of drug-likeness (QED) is 0.698. The predicted octanol–water partition coefficient (Wildman–Crippen LogP) is 1.93. The van der Waals surface area contributed by atoms with Crippen molar-refractivity contribution in [2.75, 3.05) is 19.6 Å². The lowest BCUT2D eigenvalue weighted by atomic mass is 9.80. The van der Waals surface area contributed by atoms with Crippen LogP contribution in [0.1, 0.15) is 41.1 Å². The maximum Gasteiger partial charge on any atom is 0.287 e. The zero-order chi connectivity index (χ0) is 20.7. The van der Waals surface area contributed by atoms with Gasteiger partial charge in [-0.1, -0.05) is 6.07 Å². The van der Waals surface area contributed by atoms with Gasteiger partial charge in [-0.15, -0.1) is 0 Å². The van der Waals surface area contributed by atoms with E-state index in [1.807, 2.05) is 13.2 Å². The molecule has 0 aromatic carbocycles. The fourth-order valence-electron chi connectivity index (χ4n) is 4.67. The Kier molecular flexibility index (Phi) is 4.83. The Balaban J connectivity index is 1.10. The number of amides is 1. The highest BCUT2D eigenvalue weighted by atomic mass is 16.5. The molecule has 8 heteroatoms. The summed E-state index contributed by atoms with van der Waals surface area (Å²) in [5, 5.41) is 2.94. The fraction of sp³-hybridized carbons (Fsp3) is 0.500. The molecule has 1 N–H and O–H groups in total. The summed E-state index contributed by atoms with van der Waals surface area (Å²) in [4.78, 5) is 23.3. The summed E-state index contributed by atoms with van der Waals surface area (Å²) in [5.41, 5.74) is 3.46. The standard InChI is InChI=1S/C22H28N6O2/c1-16-3-4-19-24-12-17(28(19)14-16)15-27-8-5-22(6-9-27)11-18(30-22)13-25-21(29)20-23-7-10-26(20)2/h3-4,7,10,12,14,18H,5-6,8-9,11,13,15H2,1-2H3,(H,25,29)/t18-/m1/s1. The molecule has 2 aliphatic heterocycles. The molecule has 5 rings (SSSR count). The minimum Gasteiger partial charge on any atom is -0.370 e. The van der Waals surface area contributed by atoms with Crippen LogP contribution in [0.15, 0.2) is 36.9 Å². The van der Waals surface area contributed by atoms with Gasteiger partial charge in [0.25, 0.3) is 5.91 Å². The molecular weight excluding hydrogens is 380 g/mol. The van der Waals surface area contributed by atoms with E-state index in [4.69, 9.17) is 4.74 Å². The van der Waals surface area contributed by atoms with Crippen LogP contribution in [0.25, 0.3) is 5.65 Å². The summed E-state index contributed by atoms with van der Waals surface area (Å²) in [7, 11) is 1.82. The van der Waals surface area contributed by atoms with Gasteiger partial charge in [0, 0.05) is 58.2 Å². The molecule has 158 valence electrons. The van der Waals surface area contributed by atoms with Gasteiger partial charge in [-0.3, -0.25) is 9.69 Å². The Hall–Kier alpha value is -2.71. The molecule has 1 amide bonds. The van der Waals surface area contributed by atoms with Crippen LogP contribution in [0, 0.1) is 6.92 Å². The number of piperidine rings is 1. The smallest absolute Gasteiger partial charge is 0.287 e. The van der Waals surface area contributed by atoms with Gasteiger partial charge in [0.2, 0.25) is 0 Å². The fourth-order valence-corrected chi connectivity index (χ4v) is 4.67. The maximum absolute atomic E-state index is 12.2. The summed E-state index contributed by atoms with van der Waals surface area (Å²) in [6.45, 7) is 5.59. The van der Waals surface area contributed by atoms with Gasteiger partial charge in [0.05, 0.1) is 23.6 Å². The largest absolute Gasteiger partial charge is 0.370 e. The number of hydrogen-bond acceptors (Lipinski definition) is 5. The van der Waals surface area contributed by atoms with Gasteiger partial charge >= 0.3 is 0 Å². The zero-order valence-electron chi connectivity index (χ0n) is 17.5. The Morgan fingerprint density at radius 2 is 2.10 bits per heavy atom. The third-order valence-electron chi connectivity index (χ3n) is 6.41. The molecular formula is C22H28N6O2. The Bertz CT molecular complexity index is 1050. The molecule has 0 unspecified atom stereocenters. The first-order valence-corrected chi connectivity index (χ1v) is 10.6. The molecule has 0 saturated carbocycles. The van der Waals surface area contributed by atoms with Crippen LogP contribution in [0.5, 0.6) is 0 Å². The summed E-state index contributed by atoms with van der Waals surface area (Å²) in [6, 6.07) is 4.17. The Morgan fingerprint density at radius 3 is 2.83 bits per heavy atom. The van der Waals surface area contributed by atoms with E-state index in [-0.39, 0.29) is 17.6 Å². The monoisotopic (exact) mass is 408 g/mol. The number of rotatable bonds is 5. The number of nitrogens with zero attached hydrogens (tertiary/aromatic N) is 5. The molecule has 3 aromatic rings. The normalized spacial score (nSPS) is 21.1. The van der Waals surface area contributed by atoms with Crippen molar-refractivity contribution in [2.24, 2.45) is 7.05 Å². The maximum atomic E-state index is 12.2. The van der Waals surface area contributed by atoms with Gasteiger partial charge in [0.15, 0.2) is 5.82 Å². The van der Waals surface area contributed by atoms with E-state index in [9.17, 15) is 4.79 Å². The molecule has 5 heterocycles. The second-order valence-corrected chi connectivity index (χ2v) is 8.66. The topological polar surface area (TPSA) is 76.7 Å². The van der Waals surface area contributed by atoms with Crippen molar-refractivity contribution in [1.29, 1.82) is 0 Å². The first kappa shape index (κ1) is 19.3. The molecule has 0 bridgehead atoms. The van der Waals surface area contributed by atoms with Crippen LogP contribution in [-0.4, -0.2) is 61.1 Å². The number of aromatic nitrogens is 4. The first-order valence-electron chi connectivity index (χ1n) is 10.6. The van der Waals surface area contributed by atoms with Crippen molar-refractivity contribution in [1.82, 2.24) is 29.2 Å².